The Hall–Kier alpha value is -3.88. The number of nitrogens with zero attached hydrogens (tertiary/aromatic N) is 3. The van der Waals surface area contributed by atoms with Crippen LogP contribution in [0.3, 0.4) is 0 Å². The van der Waals surface area contributed by atoms with Crippen LogP contribution in [0, 0.1) is 6.92 Å². The maximum Gasteiger partial charge on any atom is 0.269 e. The lowest BCUT2D eigenvalue weighted by Crippen LogP contribution is -2.30. The Bertz CT molecular complexity index is 945. The number of methoxy groups -OCH3 is 1. The largest absolute Gasteiger partial charge is 0.497 e. The second kappa shape index (κ2) is 8.00. The van der Waals surface area contributed by atoms with Crippen LogP contribution in [0.15, 0.2) is 48.9 Å². The van der Waals surface area contributed by atoms with Gasteiger partial charge < -0.3 is 15.8 Å². The lowest BCUT2D eigenvalue weighted by molar-refractivity contribution is 0.0962. The molecule has 27 heavy (non-hydrogen) atoms. The highest BCUT2D eigenvalue weighted by Crippen LogP contribution is 2.24. The first-order valence-electron chi connectivity index (χ1n) is 8.07. The van der Waals surface area contributed by atoms with Gasteiger partial charge in [0.2, 0.25) is 0 Å². The highest BCUT2D eigenvalue weighted by Gasteiger charge is 2.11. The van der Waals surface area contributed by atoms with Gasteiger partial charge in [0.05, 0.1) is 7.11 Å². The van der Waals surface area contributed by atoms with E-state index < -0.39 is 0 Å². The smallest absolute Gasteiger partial charge is 0.269 e. The zero-order valence-electron chi connectivity index (χ0n) is 14.9. The number of nitrogen functional groups attached to an aromatic ring is 1. The van der Waals surface area contributed by atoms with Crippen molar-refractivity contribution in [2.75, 3.05) is 23.6 Å². The van der Waals surface area contributed by atoms with Crippen LogP contribution < -0.4 is 26.6 Å². The molecule has 0 saturated heterocycles. The van der Waals surface area contributed by atoms with Crippen molar-refractivity contribution in [3.05, 3.63) is 60.0 Å². The first-order chi connectivity index (χ1) is 13.1. The van der Waals surface area contributed by atoms with Crippen LogP contribution >= 0.6 is 0 Å². The number of amides is 1. The third-order valence-corrected chi connectivity index (χ3v) is 3.69. The zero-order valence-corrected chi connectivity index (χ0v) is 14.9. The van der Waals surface area contributed by atoms with E-state index in [4.69, 9.17) is 10.5 Å². The monoisotopic (exact) mass is 365 g/mol. The van der Waals surface area contributed by atoms with E-state index in [1.54, 1.807) is 37.6 Å². The average molecular weight is 365 g/mol. The Morgan fingerprint density at radius 2 is 1.81 bits per heavy atom. The number of aromatic nitrogens is 3. The molecule has 3 aromatic rings. The molecular formula is C18H19N7O2. The van der Waals surface area contributed by atoms with Gasteiger partial charge >= 0.3 is 0 Å². The summed E-state index contributed by atoms with van der Waals surface area (Å²) in [5, 5.41) is 3.03. The lowest BCUT2D eigenvalue weighted by atomic mass is 10.2. The molecule has 1 amide bonds. The normalized spacial score (nSPS) is 10.1. The number of hydrazine groups is 1. The van der Waals surface area contributed by atoms with Crippen molar-refractivity contribution < 1.29 is 9.53 Å². The van der Waals surface area contributed by atoms with Gasteiger partial charge in [0.25, 0.3) is 5.91 Å². The van der Waals surface area contributed by atoms with Crippen LogP contribution in [-0.2, 0) is 0 Å². The van der Waals surface area contributed by atoms with Gasteiger partial charge in [-0.25, -0.2) is 15.0 Å². The minimum absolute atomic E-state index is 0.246. The van der Waals surface area contributed by atoms with Gasteiger partial charge in [-0.1, -0.05) is 0 Å². The van der Waals surface area contributed by atoms with E-state index in [9.17, 15) is 4.79 Å². The number of aryl methyl sites for hydroxylation is 1. The van der Waals surface area contributed by atoms with Crippen molar-refractivity contribution >= 4 is 29.0 Å². The van der Waals surface area contributed by atoms with E-state index in [-0.39, 0.29) is 17.4 Å². The number of benzene rings is 1. The van der Waals surface area contributed by atoms with Crippen LogP contribution in [0.4, 0.5) is 23.1 Å². The van der Waals surface area contributed by atoms with Crippen LogP contribution in [-0.4, -0.2) is 28.0 Å². The molecule has 3 rings (SSSR count). The fourth-order valence-corrected chi connectivity index (χ4v) is 2.25. The maximum atomic E-state index is 12.2. The first-order valence-corrected chi connectivity index (χ1v) is 8.07. The molecule has 9 heteroatoms. The fourth-order valence-electron chi connectivity index (χ4n) is 2.25. The summed E-state index contributed by atoms with van der Waals surface area (Å²) in [5.41, 5.74) is 13.1. The molecule has 0 spiro atoms. The standard InChI is InChI=1S/C18H19N7O2/c1-11-7-8-20-14(9-11)23-16-15(19)17(22-10-21-16)24-25-18(26)12-3-5-13(27-2)6-4-12/h3-10H,19H2,1-2H3,(H,25,26)(H2,20,21,22,23,24). The molecule has 0 aliphatic carbocycles. The fraction of sp³-hybridized carbons (Fsp3) is 0.111. The molecule has 0 aliphatic heterocycles. The van der Waals surface area contributed by atoms with E-state index in [1.165, 1.54) is 6.33 Å². The summed E-state index contributed by atoms with van der Waals surface area (Å²) in [6, 6.07) is 10.4. The quantitative estimate of drug-likeness (QED) is 0.490. The van der Waals surface area contributed by atoms with Crippen molar-refractivity contribution in [1.29, 1.82) is 0 Å². The summed E-state index contributed by atoms with van der Waals surface area (Å²) in [6.45, 7) is 1.96. The molecule has 0 bridgehead atoms. The predicted octanol–water partition coefficient (Wildman–Crippen LogP) is 2.27. The van der Waals surface area contributed by atoms with Crippen molar-refractivity contribution in [2.24, 2.45) is 0 Å². The minimum Gasteiger partial charge on any atom is -0.497 e. The molecule has 5 N–H and O–H groups in total. The Kier molecular flexibility index (Phi) is 5.31. The number of anilines is 4. The minimum atomic E-state index is -0.342. The maximum absolute atomic E-state index is 12.2. The van der Waals surface area contributed by atoms with E-state index >= 15 is 0 Å². The van der Waals surface area contributed by atoms with E-state index in [2.05, 4.69) is 31.1 Å². The number of hydrogen-bond donors (Lipinski definition) is 4. The Balaban J connectivity index is 1.69. The number of carbonyl (C=O) groups is 1. The number of hydrogen-bond acceptors (Lipinski definition) is 8. The average Bonchev–Trinajstić information content (AvgIpc) is 2.68. The van der Waals surface area contributed by atoms with Gasteiger partial charge in [-0.05, 0) is 48.9 Å². The molecule has 0 aliphatic rings. The third-order valence-electron chi connectivity index (χ3n) is 3.69. The van der Waals surface area contributed by atoms with Gasteiger partial charge in [0.15, 0.2) is 11.6 Å². The summed E-state index contributed by atoms with van der Waals surface area (Å²) in [7, 11) is 1.56. The first kappa shape index (κ1) is 17.9. The van der Waals surface area contributed by atoms with Gasteiger partial charge in [-0.15, -0.1) is 0 Å². The number of nitrogens with one attached hydrogen (secondary N) is 3. The van der Waals surface area contributed by atoms with Crippen molar-refractivity contribution in [1.82, 2.24) is 20.4 Å². The molecule has 1 aromatic carbocycles. The second-order valence-electron chi connectivity index (χ2n) is 5.64. The molecule has 0 unspecified atom stereocenters. The highest BCUT2D eigenvalue weighted by molar-refractivity contribution is 5.95. The summed E-state index contributed by atoms with van der Waals surface area (Å²) in [4.78, 5) is 24.6. The van der Waals surface area contributed by atoms with Gasteiger partial charge in [-0.2, -0.15) is 0 Å². The van der Waals surface area contributed by atoms with Gasteiger partial charge in [0, 0.05) is 11.8 Å². The molecule has 138 valence electrons. The number of ether oxygens (including phenoxy) is 1. The van der Waals surface area contributed by atoms with Crippen LogP contribution in [0.1, 0.15) is 15.9 Å². The van der Waals surface area contributed by atoms with E-state index in [1.807, 2.05) is 19.1 Å². The van der Waals surface area contributed by atoms with E-state index in [0.29, 0.717) is 22.9 Å². The van der Waals surface area contributed by atoms with Crippen LogP contribution in [0.25, 0.3) is 0 Å². The highest BCUT2D eigenvalue weighted by atomic mass is 16.5. The number of carbonyl (C=O) groups excluding carboxylic acids is 1. The lowest BCUT2D eigenvalue weighted by Gasteiger charge is -2.13. The van der Waals surface area contributed by atoms with E-state index in [0.717, 1.165) is 5.56 Å². The molecule has 0 radical (unpaired) electrons. The topological polar surface area (TPSA) is 127 Å². The molecular weight excluding hydrogens is 346 g/mol. The summed E-state index contributed by atoms with van der Waals surface area (Å²) < 4.78 is 5.07. The number of rotatable bonds is 6. The molecule has 0 fully saturated rings. The van der Waals surface area contributed by atoms with Gasteiger partial charge in [0.1, 0.15) is 23.6 Å². The molecule has 2 heterocycles. The molecule has 9 nitrogen and oxygen atoms in total. The van der Waals surface area contributed by atoms with Crippen LogP contribution in [0.2, 0.25) is 0 Å². The Morgan fingerprint density at radius 3 is 2.52 bits per heavy atom. The van der Waals surface area contributed by atoms with Crippen molar-refractivity contribution in [2.45, 2.75) is 6.92 Å². The number of nitrogens with two attached hydrogens (primary N) is 1. The van der Waals surface area contributed by atoms with Crippen molar-refractivity contribution in [3.8, 4) is 5.75 Å². The Morgan fingerprint density at radius 1 is 1.07 bits per heavy atom. The SMILES string of the molecule is COc1ccc(C(=O)NNc2ncnc(Nc3cc(C)ccn3)c2N)cc1. The summed E-state index contributed by atoms with van der Waals surface area (Å²) >= 11 is 0. The second-order valence-corrected chi connectivity index (χ2v) is 5.64. The van der Waals surface area contributed by atoms with Crippen molar-refractivity contribution in [3.63, 3.8) is 0 Å². The molecule has 0 atom stereocenters. The molecule has 0 saturated carbocycles. The summed E-state index contributed by atoms with van der Waals surface area (Å²) in [5.74, 6) is 1.57. The Labute approximate surface area is 156 Å². The van der Waals surface area contributed by atoms with Gasteiger partial charge in [-0.3, -0.25) is 15.6 Å². The third kappa shape index (κ3) is 4.40. The summed E-state index contributed by atoms with van der Waals surface area (Å²) in [6.07, 6.45) is 3.01. The zero-order chi connectivity index (χ0) is 19.2. The predicted molar refractivity (Wildman–Crippen MR) is 103 cm³/mol. The molecule has 2 aromatic heterocycles. The van der Waals surface area contributed by atoms with Crippen LogP contribution in [0.5, 0.6) is 5.75 Å². The number of pyridine rings is 1.